The zero-order chi connectivity index (χ0) is 13.1. The molecule has 0 spiro atoms. The number of rotatable bonds is 11. The van der Waals surface area contributed by atoms with Crippen LogP contribution in [-0.2, 0) is 9.47 Å². The lowest BCUT2D eigenvalue weighted by Gasteiger charge is -2.16. The molecule has 0 aromatic carbocycles. The lowest BCUT2D eigenvalue weighted by atomic mass is 10.1. The van der Waals surface area contributed by atoms with Crippen molar-refractivity contribution >= 4 is 0 Å². The van der Waals surface area contributed by atoms with Crippen LogP contribution in [0.25, 0.3) is 0 Å². The Kier molecular flexibility index (Phi) is 9.48. The Morgan fingerprint density at radius 2 is 2.11 bits per heavy atom. The van der Waals surface area contributed by atoms with Gasteiger partial charge in [-0.25, -0.2) is 0 Å². The number of hydrogen-bond acceptors (Lipinski definition) is 4. The zero-order valence-corrected chi connectivity index (χ0v) is 12.1. The fourth-order valence-electron chi connectivity index (χ4n) is 2.41. The normalized spacial score (nSPS) is 20.7. The van der Waals surface area contributed by atoms with E-state index in [1.165, 1.54) is 39.0 Å². The van der Waals surface area contributed by atoms with Crippen LogP contribution in [0.2, 0.25) is 0 Å². The molecule has 0 aromatic rings. The van der Waals surface area contributed by atoms with Crippen LogP contribution in [0.1, 0.15) is 26.2 Å². The van der Waals surface area contributed by atoms with Gasteiger partial charge in [0.2, 0.25) is 0 Å². The second-order valence-corrected chi connectivity index (χ2v) is 5.08. The summed E-state index contributed by atoms with van der Waals surface area (Å²) in [5.41, 5.74) is 0. The molecule has 0 amide bonds. The minimum absolute atomic E-state index is 0.707. The van der Waals surface area contributed by atoms with Gasteiger partial charge in [0.15, 0.2) is 0 Å². The van der Waals surface area contributed by atoms with Crippen molar-refractivity contribution in [1.29, 1.82) is 0 Å². The van der Waals surface area contributed by atoms with E-state index < -0.39 is 0 Å². The van der Waals surface area contributed by atoms with Gasteiger partial charge in [-0.15, -0.1) is 0 Å². The first-order valence-corrected chi connectivity index (χ1v) is 7.36. The van der Waals surface area contributed by atoms with E-state index in [1.54, 1.807) is 7.11 Å². The average Bonchev–Trinajstić information content (AvgIpc) is 2.83. The minimum atomic E-state index is 0.707. The van der Waals surface area contributed by atoms with Crippen LogP contribution in [0.15, 0.2) is 0 Å². The van der Waals surface area contributed by atoms with Crippen LogP contribution < -0.4 is 5.32 Å². The van der Waals surface area contributed by atoms with Gasteiger partial charge in [-0.1, -0.05) is 6.92 Å². The standard InChI is InChI=1S/C14H30N2O2/c1-3-15-12-14-6-8-16(13-14)7-4-5-9-18-11-10-17-2/h14-15H,3-13H2,1-2H3. The van der Waals surface area contributed by atoms with Gasteiger partial charge in [-0.05, 0) is 51.4 Å². The third-order valence-electron chi connectivity index (χ3n) is 3.50. The van der Waals surface area contributed by atoms with Crippen LogP contribution in [0, 0.1) is 5.92 Å². The Bertz CT molecular complexity index is 191. The smallest absolute Gasteiger partial charge is 0.0700 e. The summed E-state index contributed by atoms with van der Waals surface area (Å²) >= 11 is 0. The summed E-state index contributed by atoms with van der Waals surface area (Å²) in [5, 5.41) is 3.45. The van der Waals surface area contributed by atoms with Gasteiger partial charge in [0.1, 0.15) is 0 Å². The third kappa shape index (κ3) is 7.31. The first kappa shape index (κ1) is 15.9. The maximum atomic E-state index is 5.46. The SMILES string of the molecule is CCNCC1CCN(CCCCOCCOC)C1. The molecule has 0 radical (unpaired) electrons. The highest BCUT2D eigenvalue weighted by atomic mass is 16.5. The minimum Gasteiger partial charge on any atom is -0.382 e. The third-order valence-corrected chi connectivity index (χ3v) is 3.50. The predicted molar refractivity (Wildman–Crippen MR) is 75.0 cm³/mol. The zero-order valence-electron chi connectivity index (χ0n) is 12.1. The molecule has 4 nitrogen and oxygen atoms in total. The maximum absolute atomic E-state index is 5.46. The molecule has 4 heteroatoms. The van der Waals surface area contributed by atoms with Crippen molar-refractivity contribution in [2.24, 2.45) is 5.92 Å². The number of methoxy groups -OCH3 is 1. The molecule has 108 valence electrons. The quantitative estimate of drug-likeness (QED) is 0.567. The molecule has 0 saturated carbocycles. The van der Waals surface area contributed by atoms with Crippen LogP contribution >= 0.6 is 0 Å². The molecule has 1 heterocycles. The van der Waals surface area contributed by atoms with Gasteiger partial charge in [-0.3, -0.25) is 0 Å². The largest absolute Gasteiger partial charge is 0.382 e. The molecule has 1 unspecified atom stereocenters. The lowest BCUT2D eigenvalue weighted by molar-refractivity contribution is 0.0679. The summed E-state index contributed by atoms with van der Waals surface area (Å²) in [6.45, 7) is 10.5. The summed E-state index contributed by atoms with van der Waals surface area (Å²) in [6, 6.07) is 0. The first-order chi connectivity index (χ1) is 8.86. The van der Waals surface area contributed by atoms with Crippen molar-refractivity contribution in [2.45, 2.75) is 26.2 Å². The average molecular weight is 258 g/mol. The molecule has 1 N–H and O–H groups in total. The Balaban J connectivity index is 1.88. The fraction of sp³-hybridized carbons (Fsp3) is 1.00. The summed E-state index contributed by atoms with van der Waals surface area (Å²) in [5.74, 6) is 0.864. The molecular weight excluding hydrogens is 228 g/mol. The predicted octanol–water partition coefficient (Wildman–Crippen LogP) is 1.36. The van der Waals surface area contributed by atoms with E-state index in [9.17, 15) is 0 Å². The molecular formula is C14H30N2O2. The number of hydrogen-bond donors (Lipinski definition) is 1. The van der Waals surface area contributed by atoms with Gasteiger partial charge < -0.3 is 19.7 Å². The van der Waals surface area contributed by atoms with Gasteiger partial charge in [0, 0.05) is 20.3 Å². The van der Waals surface area contributed by atoms with Crippen LogP contribution in [0.5, 0.6) is 0 Å². The topological polar surface area (TPSA) is 33.7 Å². The molecule has 1 aliphatic heterocycles. The van der Waals surface area contributed by atoms with Crippen molar-refractivity contribution in [2.75, 3.05) is 59.7 Å². The van der Waals surface area contributed by atoms with Gasteiger partial charge in [0.05, 0.1) is 13.2 Å². The van der Waals surface area contributed by atoms with E-state index in [0.29, 0.717) is 6.61 Å². The number of nitrogens with one attached hydrogen (secondary N) is 1. The second kappa shape index (κ2) is 10.7. The monoisotopic (exact) mass is 258 g/mol. The maximum Gasteiger partial charge on any atom is 0.0700 e. The fourth-order valence-corrected chi connectivity index (χ4v) is 2.41. The number of likely N-dealkylation sites (tertiary alicyclic amines) is 1. The second-order valence-electron chi connectivity index (χ2n) is 5.08. The Morgan fingerprint density at radius 3 is 2.89 bits per heavy atom. The van der Waals surface area contributed by atoms with Crippen molar-refractivity contribution < 1.29 is 9.47 Å². The first-order valence-electron chi connectivity index (χ1n) is 7.36. The Hall–Kier alpha value is -0.160. The summed E-state index contributed by atoms with van der Waals surface area (Å²) in [6.07, 6.45) is 3.77. The Labute approximate surface area is 112 Å². The van der Waals surface area contributed by atoms with Gasteiger partial charge in [-0.2, -0.15) is 0 Å². The summed E-state index contributed by atoms with van der Waals surface area (Å²) in [7, 11) is 1.71. The molecule has 0 bridgehead atoms. The van der Waals surface area contributed by atoms with Crippen molar-refractivity contribution in [1.82, 2.24) is 10.2 Å². The number of ether oxygens (including phenoxy) is 2. The van der Waals surface area contributed by atoms with E-state index in [2.05, 4.69) is 17.1 Å². The molecule has 0 aliphatic carbocycles. The van der Waals surface area contributed by atoms with E-state index in [4.69, 9.17) is 9.47 Å². The van der Waals surface area contributed by atoms with Crippen molar-refractivity contribution in [3.8, 4) is 0 Å². The highest BCUT2D eigenvalue weighted by Crippen LogP contribution is 2.15. The van der Waals surface area contributed by atoms with E-state index in [1.807, 2.05) is 0 Å². The number of unbranched alkanes of at least 4 members (excludes halogenated alkanes) is 1. The van der Waals surface area contributed by atoms with E-state index in [0.717, 1.165) is 32.1 Å². The molecule has 18 heavy (non-hydrogen) atoms. The molecule has 0 aromatic heterocycles. The van der Waals surface area contributed by atoms with Crippen LogP contribution in [-0.4, -0.2) is 64.6 Å². The molecule has 1 rings (SSSR count). The van der Waals surface area contributed by atoms with Crippen LogP contribution in [0.4, 0.5) is 0 Å². The number of nitrogens with zero attached hydrogens (tertiary/aromatic N) is 1. The lowest BCUT2D eigenvalue weighted by Crippen LogP contribution is -2.27. The highest BCUT2D eigenvalue weighted by molar-refractivity contribution is 4.76. The summed E-state index contributed by atoms with van der Waals surface area (Å²) < 4.78 is 10.4. The van der Waals surface area contributed by atoms with Gasteiger partial charge in [0.25, 0.3) is 0 Å². The Morgan fingerprint density at radius 1 is 1.22 bits per heavy atom. The van der Waals surface area contributed by atoms with E-state index in [-0.39, 0.29) is 0 Å². The molecule has 1 saturated heterocycles. The molecule has 1 aliphatic rings. The molecule has 1 atom stereocenters. The summed E-state index contributed by atoms with van der Waals surface area (Å²) in [4.78, 5) is 2.59. The van der Waals surface area contributed by atoms with Crippen molar-refractivity contribution in [3.05, 3.63) is 0 Å². The van der Waals surface area contributed by atoms with Crippen molar-refractivity contribution in [3.63, 3.8) is 0 Å². The van der Waals surface area contributed by atoms with Gasteiger partial charge >= 0.3 is 0 Å². The highest BCUT2D eigenvalue weighted by Gasteiger charge is 2.20. The van der Waals surface area contributed by atoms with E-state index >= 15 is 0 Å². The molecule has 1 fully saturated rings. The van der Waals surface area contributed by atoms with Crippen LogP contribution in [0.3, 0.4) is 0 Å².